The standard InChI is InChI=1S/C19H21FN2O4S/c1-26-17-9-6-15(12-18(17)27(24,25)22-10-2-3-11-22)19(23)21-13-14-4-7-16(20)8-5-14/h4-9,12H,2-3,10-11,13H2,1H3,(H,21,23). The summed E-state index contributed by atoms with van der Waals surface area (Å²) in [6, 6.07) is 10.1. The predicted molar refractivity (Wildman–Crippen MR) is 98.6 cm³/mol. The van der Waals surface area contributed by atoms with Crippen LogP contribution in [0.25, 0.3) is 0 Å². The summed E-state index contributed by atoms with van der Waals surface area (Å²) in [7, 11) is -2.33. The van der Waals surface area contributed by atoms with Crippen molar-refractivity contribution in [3.8, 4) is 5.75 Å². The van der Waals surface area contributed by atoms with Crippen LogP contribution in [0.4, 0.5) is 4.39 Å². The molecule has 0 aliphatic carbocycles. The van der Waals surface area contributed by atoms with Crippen molar-refractivity contribution >= 4 is 15.9 Å². The molecule has 0 bridgehead atoms. The Morgan fingerprint density at radius 1 is 1.15 bits per heavy atom. The van der Waals surface area contributed by atoms with Gasteiger partial charge in [0.25, 0.3) is 5.91 Å². The largest absolute Gasteiger partial charge is 0.495 e. The Labute approximate surface area is 158 Å². The monoisotopic (exact) mass is 392 g/mol. The van der Waals surface area contributed by atoms with E-state index in [-0.39, 0.29) is 28.6 Å². The van der Waals surface area contributed by atoms with E-state index in [1.54, 1.807) is 12.1 Å². The highest BCUT2D eigenvalue weighted by Crippen LogP contribution is 2.29. The first-order valence-corrected chi connectivity index (χ1v) is 10.1. The molecule has 2 aromatic carbocycles. The molecule has 1 aliphatic heterocycles. The SMILES string of the molecule is COc1ccc(C(=O)NCc2ccc(F)cc2)cc1S(=O)(=O)N1CCCC1. The maximum atomic E-state index is 12.9. The fourth-order valence-corrected chi connectivity index (χ4v) is 4.67. The van der Waals surface area contributed by atoms with Crippen molar-refractivity contribution in [2.24, 2.45) is 0 Å². The van der Waals surface area contributed by atoms with Gasteiger partial charge in [-0.2, -0.15) is 4.31 Å². The molecule has 1 N–H and O–H groups in total. The molecule has 144 valence electrons. The van der Waals surface area contributed by atoms with Crippen molar-refractivity contribution in [3.05, 3.63) is 59.4 Å². The van der Waals surface area contributed by atoms with E-state index in [1.165, 1.54) is 41.7 Å². The number of amides is 1. The van der Waals surface area contributed by atoms with Gasteiger partial charge in [-0.3, -0.25) is 4.79 Å². The normalized spacial score (nSPS) is 14.9. The van der Waals surface area contributed by atoms with Crippen LogP contribution in [0.5, 0.6) is 5.75 Å². The number of methoxy groups -OCH3 is 1. The molecule has 0 atom stereocenters. The van der Waals surface area contributed by atoms with Gasteiger partial charge >= 0.3 is 0 Å². The first-order valence-electron chi connectivity index (χ1n) is 8.62. The number of ether oxygens (including phenoxy) is 1. The van der Waals surface area contributed by atoms with Crippen LogP contribution in [-0.4, -0.2) is 38.8 Å². The molecule has 1 saturated heterocycles. The van der Waals surface area contributed by atoms with Gasteiger partial charge in [-0.1, -0.05) is 12.1 Å². The number of benzene rings is 2. The molecule has 0 spiro atoms. The van der Waals surface area contributed by atoms with Gasteiger partial charge in [0, 0.05) is 25.2 Å². The second kappa shape index (κ2) is 8.06. The number of carbonyl (C=O) groups excluding carboxylic acids is 1. The van der Waals surface area contributed by atoms with Crippen molar-refractivity contribution in [3.63, 3.8) is 0 Å². The number of hydrogen-bond donors (Lipinski definition) is 1. The van der Waals surface area contributed by atoms with Crippen LogP contribution < -0.4 is 10.1 Å². The summed E-state index contributed by atoms with van der Waals surface area (Å²) in [4.78, 5) is 12.4. The average Bonchev–Trinajstić information content (AvgIpc) is 3.22. The van der Waals surface area contributed by atoms with E-state index < -0.39 is 15.9 Å². The van der Waals surface area contributed by atoms with Crippen LogP contribution in [0, 0.1) is 5.82 Å². The minimum absolute atomic E-state index is 0.0127. The van der Waals surface area contributed by atoms with Crippen molar-refractivity contribution in [2.45, 2.75) is 24.3 Å². The molecule has 3 rings (SSSR count). The fourth-order valence-electron chi connectivity index (χ4n) is 2.97. The van der Waals surface area contributed by atoms with E-state index in [4.69, 9.17) is 4.74 Å². The molecule has 6 nitrogen and oxygen atoms in total. The van der Waals surface area contributed by atoms with Gasteiger partial charge in [0.15, 0.2) is 0 Å². The number of rotatable bonds is 6. The number of nitrogens with one attached hydrogen (secondary N) is 1. The van der Waals surface area contributed by atoms with Gasteiger partial charge in [0.1, 0.15) is 16.5 Å². The minimum Gasteiger partial charge on any atom is -0.495 e. The van der Waals surface area contributed by atoms with Crippen molar-refractivity contribution < 1.29 is 22.3 Å². The van der Waals surface area contributed by atoms with Gasteiger partial charge < -0.3 is 10.1 Å². The highest BCUT2D eigenvalue weighted by Gasteiger charge is 2.30. The molecule has 0 unspecified atom stereocenters. The van der Waals surface area contributed by atoms with Gasteiger partial charge in [0.2, 0.25) is 10.0 Å². The minimum atomic E-state index is -3.72. The highest BCUT2D eigenvalue weighted by atomic mass is 32.2. The van der Waals surface area contributed by atoms with E-state index in [9.17, 15) is 17.6 Å². The van der Waals surface area contributed by atoms with Gasteiger partial charge in [-0.15, -0.1) is 0 Å². The summed E-state index contributed by atoms with van der Waals surface area (Å²) in [5.41, 5.74) is 0.957. The second-order valence-corrected chi connectivity index (χ2v) is 8.19. The zero-order valence-corrected chi connectivity index (χ0v) is 15.8. The molecule has 8 heteroatoms. The highest BCUT2D eigenvalue weighted by molar-refractivity contribution is 7.89. The molecule has 2 aromatic rings. The third-order valence-corrected chi connectivity index (χ3v) is 6.39. The third-order valence-electron chi connectivity index (χ3n) is 4.47. The van der Waals surface area contributed by atoms with Crippen LogP contribution in [0.15, 0.2) is 47.4 Å². The van der Waals surface area contributed by atoms with Gasteiger partial charge in [-0.05, 0) is 48.7 Å². The van der Waals surface area contributed by atoms with E-state index in [0.717, 1.165) is 18.4 Å². The molecular formula is C19H21FN2O4S. The molecule has 0 saturated carbocycles. The Morgan fingerprint density at radius 3 is 2.44 bits per heavy atom. The zero-order valence-electron chi connectivity index (χ0n) is 14.9. The second-order valence-electron chi connectivity index (χ2n) is 6.29. The van der Waals surface area contributed by atoms with Gasteiger partial charge in [0.05, 0.1) is 7.11 Å². The Morgan fingerprint density at radius 2 is 1.81 bits per heavy atom. The average molecular weight is 392 g/mol. The van der Waals surface area contributed by atoms with E-state index in [1.807, 2.05) is 0 Å². The number of hydrogen-bond acceptors (Lipinski definition) is 4. The molecule has 0 aromatic heterocycles. The summed E-state index contributed by atoms with van der Waals surface area (Å²) < 4.78 is 45.3. The molecule has 1 aliphatic rings. The van der Waals surface area contributed by atoms with Crippen molar-refractivity contribution in [1.82, 2.24) is 9.62 Å². The van der Waals surface area contributed by atoms with E-state index in [0.29, 0.717) is 13.1 Å². The maximum absolute atomic E-state index is 12.9. The lowest BCUT2D eigenvalue weighted by Gasteiger charge is -2.18. The molecule has 1 amide bonds. The number of carbonyl (C=O) groups is 1. The van der Waals surface area contributed by atoms with Crippen molar-refractivity contribution in [2.75, 3.05) is 20.2 Å². The Hall–Kier alpha value is -2.45. The zero-order chi connectivity index (χ0) is 19.4. The lowest BCUT2D eigenvalue weighted by atomic mass is 10.2. The predicted octanol–water partition coefficient (Wildman–Crippen LogP) is 2.55. The Kier molecular flexibility index (Phi) is 5.76. The van der Waals surface area contributed by atoms with Crippen LogP contribution >= 0.6 is 0 Å². The first kappa shape index (κ1) is 19.3. The molecule has 1 heterocycles. The number of halogens is 1. The van der Waals surface area contributed by atoms with Crippen molar-refractivity contribution in [1.29, 1.82) is 0 Å². The summed E-state index contributed by atoms with van der Waals surface area (Å²) in [6.07, 6.45) is 1.64. The summed E-state index contributed by atoms with van der Waals surface area (Å²) in [5.74, 6) is -0.561. The van der Waals surface area contributed by atoms with E-state index in [2.05, 4.69) is 5.32 Å². The molecule has 27 heavy (non-hydrogen) atoms. The lowest BCUT2D eigenvalue weighted by Crippen LogP contribution is -2.29. The molecule has 1 fully saturated rings. The number of sulfonamides is 1. The number of nitrogens with zero attached hydrogens (tertiary/aromatic N) is 1. The Balaban J connectivity index is 1.81. The van der Waals surface area contributed by atoms with Crippen LogP contribution in [0.1, 0.15) is 28.8 Å². The smallest absolute Gasteiger partial charge is 0.251 e. The van der Waals surface area contributed by atoms with E-state index >= 15 is 0 Å². The molecule has 0 radical (unpaired) electrons. The van der Waals surface area contributed by atoms with Crippen LogP contribution in [0.2, 0.25) is 0 Å². The molecular weight excluding hydrogens is 371 g/mol. The third kappa shape index (κ3) is 4.28. The fraction of sp³-hybridized carbons (Fsp3) is 0.316. The van der Waals surface area contributed by atoms with Crippen LogP contribution in [0.3, 0.4) is 0 Å². The van der Waals surface area contributed by atoms with Crippen LogP contribution in [-0.2, 0) is 16.6 Å². The topological polar surface area (TPSA) is 75.7 Å². The maximum Gasteiger partial charge on any atom is 0.251 e. The first-order chi connectivity index (χ1) is 12.9. The van der Waals surface area contributed by atoms with Gasteiger partial charge in [-0.25, -0.2) is 12.8 Å². The summed E-state index contributed by atoms with van der Waals surface area (Å²) >= 11 is 0. The quantitative estimate of drug-likeness (QED) is 0.820. The lowest BCUT2D eigenvalue weighted by molar-refractivity contribution is 0.0950. The Bertz CT molecular complexity index is 923. The summed E-state index contributed by atoms with van der Waals surface area (Å²) in [6.45, 7) is 1.14. The summed E-state index contributed by atoms with van der Waals surface area (Å²) in [5, 5.41) is 2.71.